The van der Waals surface area contributed by atoms with Crippen LogP contribution in [0.1, 0.15) is 17.8 Å². The molecule has 1 aliphatic rings. The molecule has 116 valence electrons. The van der Waals surface area contributed by atoms with Crippen molar-refractivity contribution in [1.29, 1.82) is 0 Å². The number of hydrogen-bond donors (Lipinski definition) is 1. The highest BCUT2D eigenvalue weighted by molar-refractivity contribution is 6.30. The predicted octanol–water partition coefficient (Wildman–Crippen LogP) is 1.31. The molecule has 3 rings (SSSR count). The van der Waals surface area contributed by atoms with E-state index in [2.05, 4.69) is 44.8 Å². The van der Waals surface area contributed by atoms with E-state index in [1.54, 1.807) is 4.68 Å². The van der Waals surface area contributed by atoms with E-state index in [4.69, 9.17) is 11.6 Å². The van der Waals surface area contributed by atoms with Crippen LogP contribution in [-0.2, 0) is 6.54 Å². The highest BCUT2D eigenvalue weighted by Gasteiger charge is 2.19. The summed E-state index contributed by atoms with van der Waals surface area (Å²) >= 11 is 6.08. The summed E-state index contributed by atoms with van der Waals surface area (Å²) in [4.78, 5) is 6.82. The van der Waals surface area contributed by atoms with Gasteiger partial charge in [0.1, 0.15) is 0 Å². The van der Waals surface area contributed by atoms with Crippen molar-refractivity contribution in [1.82, 2.24) is 30.4 Å². The van der Waals surface area contributed by atoms with Gasteiger partial charge < -0.3 is 10.2 Å². The van der Waals surface area contributed by atoms with Gasteiger partial charge in [0.2, 0.25) is 5.82 Å². The van der Waals surface area contributed by atoms with E-state index in [0.717, 1.165) is 30.8 Å². The molecule has 0 atom stereocenters. The van der Waals surface area contributed by atoms with Crippen LogP contribution < -0.4 is 5.32 Å². The molecule has 0 fully saturated rings. The highest BCUT2D eigenvalue weighted by Crippen LogP contribution is 2.27. The monoisotopic (exact) mass is 319 g/mol. The Kier molecular flexibility index (Phi) is 4.35. The van der Waals surface area contributed by atoms with Gasteiger partial charge in [-0.05, 0) is 55.2 Å². The normalized spacial score (nSPS) is 13.4. The first kappa shape index (κ1) is 14.9. The Morgan fingerprint density at radius 2 is 2.23 bits per heavy atom. The van der Waals surface area contributed by atoms with Crippen molar-refractivity contribution in [2.75, 3.05) is 27.2 Å². The van der Waals surface area contributed by atoms with Crippen LogP contribution in [0.2, 0.25) is 5.02 Å². The number of tetrazole rings is 1. The molecule has 0 aliphatic carbocycles. The number of fused-ring (bicyclic) bond motifs is 2. The number of amidine groups is 1. The smallest absolute Gasteiger partial charge is 0.217 e. The highest BCUT2D eigenvalue weighted by atomic mass is 35.5. The van der Waals surface area contributed by atoms with Crippen LogP contribution in [0, 0.1) is 0 Å². The number of nitrogens with one attached hydrogen (secondary N) is 1. The maximum Gasteiger partial charge on any atom is 0.217 e. The number of rotatable bonds is 4. The van der Waals surface area contributed by atoms with E-state index in [1.807, 2.05) is 18.2 Å². The third-order valence-corrected chi connectivity index (χ3v) is 3.65. The van der Waals surface area contributed by atoms with Gasteiger partial charge in [-0.3, -0.25) is 0 Å². The first-order valence-electron chi connectivity index (χ1n) is 7.16. The Hall–Kier alpha value is -1.99. The molecular formula is C14H18ClN7. The molecule has 2 aromatic rings. The molecule has 1 N–H and O–H groups in total. The van der Waals surface area contributed by atoms with E-state index in [1.165, 1.54) is 0 Å². The van der Waals surface area contributed by atoms with E-state index in [0.29, 0.717) is 23.2 Å². The van der Waals surface area contributed by atoms with Crippen molar-refractivity contribution >= 4 is 23.1 Å². The molecule has 0 radical (unpaired) electrons. The van der Waals surface area contributed by atoms with Crippen LogP contribution in [0.15, 0.2) is 23.2 Å². The van der Waals surface area contributed by atoms with Gasteiger partial charge in [-0.1, -0.05) is 17.7 Å². The fourth-order valence-corrected chi connectivity index (χ4v) is 2.47. The Bertz CT molecular complexity index is 692. The zero-order valence-electron chi connectivity index (χ0n) is 12.6. The molecule has 7 nitrogen and oxygen atoms in total. The minimum Gasteiger partial charge on any atom is -0.367 e. The van der Waals surface area contributed by atoms with Gasteiger partial charge in [-0.2, -0.15) is 0 Å². The lowest BCUT2D eigenvalue weighted by atomic mass is 10.2. The number of halogens is 1. The van der Waals surface area contributed by atoms with Crippen LogP contribution in [0.3, 0.4) is 0 Å². The molecule has 0 amide bonds. The Morgan fingerprint density at radius 1 is 1.36 bits per heavy atom. The molecule has 0 unspecified atom stereocenters. The first-order valence-corrected chi connectivity index (χ1v) is 7.53. The minimum absolute atomic E-state index is 0.585. The van der Waals surface area contributed by atoms with Crippen molar-refractivity contribution in [3.8, 4) is 0 Å². The third kappa shape index (κ3) is 3.26. The molecule has 0 saturated heterocycles. The lowest BCUT2D eigenvalue weighted by Crippen LogP contribution is -2.30. The quantitative estimate of drug-likeness (QED) is 0.860. The maximum atomic E-state index is 6.08. The van der Waals surface area contributed by atoms with Crippen LogP contribution >= 0.6 is 11.6 Å². The molecule has 1 aromatic heterocycles. The second-order valence-corrected chi connectivity index (χ2v) is 5.91. The summed E-state index contributed by atoms with van der Waals surface area (Å²) in [5, 5.41) is 15.9. The zero-order chi connectivity index (χ0) is 15.5. The molecule has 22 heavy (non-hydrogen) atoms. The topological polar surface area (TPSA) is 71.2 Å². The van der Waals surface area contributed by atoms with E-state index >= 15 is 0 Å². The van der Waals surface area contributed by atoms with Crippen molar-refractivity contribution < 1.29 is 0 Å². The molecule has 2 heterocycles. The fourth-order valence-electron chi connectivity index (χ4n) is 2.31. The molecule has 8 heteroatoms. The molecular weight excluding hydrogens is 302 g/mol. The molecule has 0 bridgehead atoms. The second kappa shape index (κ2) is 6.41. The zero-order valence-corrected chi connectivity index (χ0v) is 13.4. The van der Waals surface area contributed by atoms with Crippen LogP contribution in [-0.4, -0.2) is 58.1 Å². The van der Waals surface area contributed by atoms with Crippen molar-refractivity contribution in [2.24, 2.45) is 4.99 Å². The standard InChI is InChI=1S/C14H18ClN7/c1-21(2)7-3-6-16-13-14-18-19-20-22(14)9-10-4-5-11(15)8-12(10)17-13/h4-5,8H,3,6-7,9H2,1-2H3,(H,16,17). The van der Waals surface area contributed by atoms with E-state index in [-0.39, 0.29) is 0 Å². The van der Waals surface area contributed by atoms with Gasteiger partial charge in [0.15, 0.2) is 5.84 Å². The van der Waals surface area contributed by atoms with Crippen molar-refractivity contribution in [2.45, 2.75) is 13.0 Å². The van der Waals surface area contributed by atoms with Gasteiger partial charge in [-0.15, -0.1) is 5.10 Å². The summed E-state index contributed by atoms with van der Waals surface area (Å²) < 4.78 is 1.75. The van der Waals surface area contributed by atoms with Gasteiger partial charge >= 0.3 is 0 Å². The number of benzene rings is 1. The van der Waals surface area contributed by atoms with E-state index < -0.39 is 0 Å². The molecule has 1 aliphatic heterocycles. The second-order valence-electron chi connectivity index (χ2n) is 5.48. The Labute approximate surface area is 134 Å². The summed E-state index contributed by atoms with van der Waals surface area (Å²) in [6.45, 7) is 2.40. The van der Waals surface area contributed by atoms with Crippen LogP contribution in [0.25, 0.3) is 0 Å². The summed E-state index contributed by atoms with van der Waals surface area (Å²) in [6.07, 6.45) is 1.01. The molecule has 0 saturated carbocycles. The Morgan fingerprint density at radius 3 is 3.05 bits per heavy atom. The lowest BCUT2D eigenvalue weighted by molar-refractivity contribution is 0.400. The van der Waals surface area contributed by atoms with Gasteiger partial charge in [0.25, 0.3) is 0 Å². The average molecular weight is 320 g/mol. The molecule has 1 aromatic carbocycles. The van der Waals surface area contributed by atoms with Gasteiger partial charge in [-0.25, -0.2) is 9.67 Å². The largest absolute Gasteiger partial charge is 0.367 e. The van der Waals surface area contributed by atoms with Crippen molar-refractivity contribution in [3.63, 3.8) is 0 Å². The maximum absolute atomic E-state index is 6.08. The SMILES string of the molecule is CN(C)CCCNC1=Nc2cc(Cl)ccc2Cn2nnnc21. The third-order valence-electron chi connectivity index (χ3n) is 3.42. The number of aromatic nitrogens is 4. The fraction of sp³-hybridized carbons (Fsp3) is 0.429. The average Bonchev–Trinajstić information content (AvgIpc) is 2.87. The Balaban J connectivity index is 1.85. The van der Waals surface area contributed by atoms with Crippen molar-refractivity contribution in [3.05, 3.63) is 34.6 Å². The number of hydrogen-bond acceptors (Lipinski definition) is 6. The first-order chi connectivity index (χ1) is 10.6. The summed E-state index contributed by atoms with van der Waals surface area (Å²) in [5.41, 5.74) is 1.89. The summed E-state index contributed by atoms with van der Waals surface area (Å²) in [6, 6.07) is 5.68. The predicted molar refractivity (Wildman–Crippen MR) is 85.7 cm³/mol. The summed E-state index contributed by atoms with van der Waals surface area (Å²) in [5.74, 6) is 1.34. The van der Waals surface area contributed by atoms with Gasteiger partial charge in [0, 0.05) is 11.6 Å². The van der Waals surface area contributed by atoms with Crippen LogP contribution in [0.4, 0.5) is 5.69 Å². The van der Waals surface area contributed by atoms with E-state index in [9.17, 15) is 0 Å². The minimum atomic E-state index is 0.585. The van der Waals surface area contributed by atoms with Crippen LogP contribution in [0.5, 0.6) is 0 Å². The number of nitrogens with zero attached hydrogens (tertiary/aromatic N) is 6. The molecule has 0 spiro atoms. The number of aliphatic imine (C=N–C) groups is 1. The summed E-state index contributed by atoms with van der Waals surface area (Å²) in [7, 11) is 4.11. The lowest BCUT2D eigenvalue weighted by Gasteiger charge is -2.11. The van der Waals surface area contributed by atoms with Gasteiger partial charge in [0.05, 0.1) is 12.2 Å².